The minimum atomic E-state index is -1.52. The van der Waals surface area contributed by atoms with E-state index in [2.05, 4.69) is 10.6 Å². The number of amides is 2. The normalized spacial score (nSPS) is 13.4. The number of hydrogen-bond donors (Lipinski definition) is 4. The second kappa shape index (κ2) is 8.36. The second-order valence-electron chi connectivity index (χ2n) is 6.21. The Morgan fingerprint density at radius 3 is 2.24 bits per heavy atom. The third kappa shape index (κ3) is 5.98. The summed E-state index contributed by atoms with van der Waals surface area (Å²) in [5.74, 6) is -1.93. The smallest absolute Gasteiger partial charge is 0.408 e. The second-order valence-corrected chi connectivity index (χ2v) is 6.21. The number of aliphatic carboxylic acids is 1. The number of alkyl carbamates (subject to hydrolysis) is 1. The lowest BCUT2D eigenvalue weighted by atomic mass is 10.0. The van der Waals surface area contributed by atoms with E-state index >= 15 is 0 Å². The number of phenols is 1. The van der Waals surface area contributed by atoms with Gasteiger partial charge in [-0.15, -0.1) is 0 Å². The van der Waals surface area contributed by atoms with Crippen molar-refractivity contribution >= 4 is 18.0 Å². The molecule has 138 valence electrons. The first kappa shape index (κ1) is 20.3. The molecule has 0 saturated heterocycles. The highest BCUT2D eigenvalue weighted by Gasteiger charge is 2.33. The molecule has 0 unspecified atom stereocenters. The van der Waals surface area contributed by atoms with Gasteiger partial charge in [-0.25, -0.2) is 9.59 Å². The van der Waals surface area contributed by atoms with E-state index < -0.39 is 29.6 Å². The zero-order valence-corrected chi connectivity index (χ0v) is 14.7. The maximum absolute atomic E-state index is 12.5. The molecule has 0 aliphatic rings. The molecule has 2 atom stereocenters. The number of aromatic hydroxyl groups is 1. The van der Waals surface area contributed by atoms with E-state index in [-0.39, 0.29) is 11.9 Å². The van der Waals surface area contributed by atoms with Gasteiger partial charge in [0.2, 0.25) is 5.91 Å². The van der Waals surface area contributed by atoms with Crippen LogP contribution in [0.25, 0.3) is 0 Å². The summed E-state index contributed by atoms with van der Waals surface area (Å²) in [7, 11) is 0. The fourth-order valence-electron chi connectivity index (χ4n) is 1.82. The molecule has 0 bridgehead atoms. The lowest BCUT2D eigenvalue weighted by molar-refractivity contribution is -0.146. The van der Waals surface area contributed by atoms with Crippen LogP contribution in [0.5, 0.6) is 5.75 Å². The number of rotatable bonds is 7. The summed E-state index contributed by atoms with van der Waals surface area (Å²) in [6.45, 7) is 6.22. The summed E-state index contributed by atoms with van der Waals surface area (Å²) in [6.07, 6.45) is -0.523. The highest BCUT2D eigenvalue weighted by molar-refractivity contribution is 5.91. The Balaban J connectivity index is 3.02. The molecule has 1 rings (SSSR count). The van der Waals surface area contributed by atoms with Crippen molar-refractivity contribution in [2.75, 3.05) is 0 Å². The molecule has 0 radical (unpaired) electrons. The molecule has 1 aromatic carbocycles. The topological polar surface area (TPSA) is 125 Å². The standard InChI is InChI=1S/C17H24N2O6/c1-5-10(2)25-16(24)18-13(11-6-8-12(20)9-7-11)14(21)19-17(3,4)15(22)23/h6-10,13,20H,5H2,1-4H3,(H,18,24)(H,19,21)(H,22,23)/t10-,13-/m0/s1. The van der Waals surface area contributed by atoms with Crippen LogP contribution in [0.3, 0.4) is 0 Å². The van der Waals surface area contributed by atoms with Gasteiger partial charge < -0.3 is 25.6 Å². The van der Waals surface area contributed by atoms with Crippen LogP contribution in [-0.2, 0) is 14.3 Å². The van der Waals surface area contributed by atoms with Gasteiger partial charge in [-0.3, -0.25) is 4.79 Å². The van der Waals surface area contributed by atoms with Gasteiger partial charge in [-0.05, 0) is 44.9 Å². The first-order valence-electron chi connectivity index (χ1n) is 7.88. The van der Waals surface area contributed by atoms with Crippen LogP contribution in [0.15, 0.2) is 24.3 Å². The first-order chi connectivity index (χ1) is 11.6. The predicted molar refractivity (Wildman–Crippen MR) is 90.1 cm³/mol. The Labute approximate surface area is 146 Å². The molecule has 25 heavy (non-hydrogen) atoms. The van der Waals surface area contributed by atoms with Gasteiger partial charge in [0.25, 0.3) is 0 Å². The van der Waals surface area contributed by atoms with Gasteiger partial charge in [-0.2, -0.15) is 0 Å². The van der Waals surface area contributed by atoms with Crippen LogP contribution in [0.4, 0.5) is 4.79 Å². The van der Waals surface area contributed by atoms with E-state index in [1.165, 1.54) is 38.1 Å². The molecule has 8 nitrogen and oxygen atoms in total. The van der Waals surface area contributed by atoms with Crippen molar-refractivity contribution in [2.24, 2.45) is 0 Å². The zero-order valence-electron chi connectivity index (χ0n) is 14.7. The first-order valence-corrected chi connectivity index (χ1v) is 7.88. The fourth-order valence-corrected chi connectivity index (χ4v) is 1.82. The van der Waals surface area contributed by atoms with E-state index in [9.17, 15) is 19.5 Å². The minimum Gasteiger partial charge on any atom is -0.508 e. The number of carboxylic acid groups (broad SMARTS) is 1. The average Bonchev–Trinajstić information content (AvgIpc) is 2.52. The van der Waals surface area contributed by atoms with Gasteiger partial charge >= 0.3 is 12.1 Å². The number of nitrogens with one attached hydrogen (secondary N) is 2. The Bertz CT molecular complexity index is 627. The lowest BCUT2D eigenvalue weighted by Crippen LogP contribution is -2.53. The van der Waals surface area contributed by atoms with Crippen molar-refractivity contribution in [1.82, 2.24) is 10.6 Å². The number of carbonyl (C=O) groups excluding carboxylic acids is 2. The maximum atomic E-state index is 12.5. The molecule has 0 aliphatic carbocycles. The van der Waals surface area contributed by atoms with Gasteiger partial charge in [0, 0.05) is 0 Å². The SMILES string of the molecule is CC[C@H](C)OC(=O)N[C@H](C(=O)NC(C)(C)C(=O)O)c1ccc(O)cc1. The van der Waals surface area contributed by atoms with Crippen LogP contribution in [-0.4, -0.2) is 39.8 Å². The van der Waals surface area contributed by atoms with Gasteiger partial charge in [0.05, 0.1) is 0 Å². The monoisotopic (exact) mass is 352 g/mol. The predicted octanol–water partition coefficient (Wildman–Crippen LogP) is 1.94. The van der Waals surface area contributed by atoms with Crippen molar-refractivity contribution in [1.29, 1.82) is 0 Å². The number of benzene rings is 1. The minimum absolute atomic E-state index is 0.00374. The number of carbonyl (C=O) groups is 3. The summed E-state index contributed by atoms with van der Waals surface area (Å²) in [4.78, 5) is 35.7. The van der Waals surface area contributed by atoms with Crippen LogP contribution < -0.4 is 10.6 Å². The molecular weight excluding hydrogens is 328 g/mol. The Morgan fingerprint density at radius 2 is 1.76 bits per heavy atom. The number of carboxylic acids is 1. The molecule has 0 fully saturated rings. The van der Waals surface area contributed by atoms with Gasteiger partial charge in [0.1, 0.15) is 23.4 Å². The summed E-state index contributed by atoms with van der Waals surface area (Å²) < 4.78 is 5.11. The molecule has 0 saturated carbocycles. The fraction of sp³-hybridized carbons (Fsp3) is 0.471. The summed E-state index contributed by atoms with van der Waals surface area (Å²) in [5, 5.41) is 23.3. The van der Waals surface area contributed by atoms with E-state index in [1.54, 1.807) is 6.92 Å². The number of phenolic OH excluding ortho intramolecular Hbond substituents is 1. The third-order valence-electron chi connectivity index (χ3n) is 3.60. The highest BCUT2D eigenvalue weighted by Crippen LogP contribution is 2.19. The van der Waals surface area contributed by atoms with Crippen molar-refractivity contribution in [3.63, 3.8) is 0 Å². The van der Waals surface area contributed by atoms with Gasteiger partial charge in [0.15, 0.2) is 0 Å². The number of hydrogen-bond acceptors (Lipinski definition) is 5. The molecule has 4 N–H and O–H groups in total. The van der Waals surface area contributed by atoms with E-state index in [0.29, 0.717) is 12.0 Å². The summed E-state index contributed by atoms with van der Waals surface area (Å²) in [6, 6.07) is 4.46. The largest absolute Gasteiger partial charge is 0.508 e. The zero-order chi connectivity index (χ0) is 19.2. The molecule has 0 spiro atoms. The van der Waals surface area contributed by atoms with Crippen LogP contribution in [0.1, 0.15) is 45.7 Å². The molecule has 1 aromatic rings. The average molecular weight is 352 g/mol. The quantitative estimate of drug-likeness (QED) is 0.594. The van der Waals surface area contributed by atoms with E-state index in [4.69, 9.17) is 9.84 Å². The van der Waals surface area contributed by atoms with Crippen LogP contribution in [0.2, 0.25) is 0 Å². The van der Waals surface area contributed by atoms with E-state index in [1.807, 2.05) is 6.92 Å². The van der Waals surface area contributed by atoms with Crippen LogP contribution in [0, 0.1) is 0 Å². The molecule has 0 aromatic heterocycles. The van der Waals surface area contributed by atoms with Crippen molar-refractivity contribution in [3.8, 4) is 5.75 Å². The van der Waals surface area contributed by atoms with Gasteiger partial charge in [-0.1, -0.05) is 19.1 Å². The molecule has 2 amide bonds. The molecule has 8 heteroatoms. The maximum Gasteiger partial charge on any atom is 0.408 e. The lowest BCUT2D eigenvalue weighted by Gasteiger charge is -2.26. The third-order valence-corrected chi connectivity index (χ3v) is 3.60. The summed E-state index contributed by atoms with van der Waals surface area (Å²) in [5.41, 5.74) is -1.15. The van der Waals surface area contributed by atoms with Crippen molar-refractivity contribution in [2.45, 2.75) is 51.8 Å². The van der Waals surface area contributed by atoms with Crippen molar-refractivity contribution < 1.29 is 29.3 Å². The Morgan fingerprint density at radius 1 is 1.20 bits per heavy atom. The van der Waals surface area contributed by atoms with Crippen LogP contribution >= 0.6 is 0 Å². The molecular formula is C17H24N2O6. The summed E-state index contributed by atoms with van der Waals surface area (Å²) >= 11 is 0. The molecule has 0 aliphatic heterocycles. The Hall–Kier alpha value is -2.77. The molecule has 0 heterocycles. The number of ether oxygens (including phenoxy) is 1. The highest BCUT2D eigenvalue weighted by atomic mass is 16.6. The van der Waals surface area contributed by atoms with Crippen molar-refractivity contribution in [3.05, 3.63) is 29.8 Å². The van der Waals surface area contributed by atoms with E-state index in [0.717, 1.165) is 0 Å². The Kier molecular flexibility index (Phi) is 6.78.